The topological polar surface area (TPSA) is 113 Å². The van der Waals surface area contributed by atoms with Crippen LogP contribution in [0.2, 0.25) is 0 Å². The Morgan fingerprint density at radius 2 is 1.74 bits per heavy atom. The number of ether oxygens (including phenoxy) is 1. The largest absolute Gasteiger partial charge is 0.497 e. The molecule has 0 spiro atoms. The molecule has 1 unspecified atom stereocenters. The van der Waals surface area contributed by atoms with Gasteiger partial charge in [-0.2, -0.15) is 0 Å². The van der Waals surface area contributed by atoms with Gasteiger partial charge in [-0.05, 0) is 56.0 Å². The Labute approximate surface area is 231 Å². The number of anilines is 1. The Morgan fingerprint density at radius 3 is 2.36 bits per heavy atom. The highest BCUT2D eigenvalue weighted by Crippen LogP contribution is 2.23. The van der Waals surface area contributed by atoms with E-state index in [-0.39, 0.29) is 30.0 Å². The number of sulfonamides is 1. The number of rotatable bonds is 12. The predicted molar refractivity (Wildman–Crippen MR) is 151 cm³/mol. The summed E-state index contributed by atoms with van der Waals surface area (Å²) < 4.78 is 32.0. The molecule has 39 heavy (non-hydrogen) atoms. The van der Waals surface area contributed by atoms with E-state index in [1.54, 1.807) is 43.5 Å². The Bertz CT molecular complexity index is 1270. The van der Waals surface area contributed by atoms with Crippen LogP contribution >= 0.6 is 0 Å². The van der Waals surface area contributed by atoms with E-state index in [4.69, 9.17) is 4.74 Å². The zero-order valence-corrected chi connectivity index (χ0v) is 24.0. The maximum Gasteiger partial charge on any atom is 0.244 e. The molecule has 2 aromatic rings. The van der Waals surface area contributed by atoms with Crippen molar-refractivity contribution in [2.75, 3.05) is 24.2 Å². The highest BCUT2D eigenvalue weighted by atomic mass is 32.2. The molecule has 1 N–H and O–H groups in total. The third kappa shape index (κ3) is 8.29. The Kier molecular flexibility index (Phi) is 10.5. The highest BCUT2D eigenvalue weighted by Gasteiger charge is 2.33. The van der Waals surface area contributed by atoms with E-state index in [0.717, 1.165) is 48.2 Å². The number of hydrogen-bond donors (Lipinski definition) is 1. The van der Waals surface area contributed by atoms with Crippen molar-refractivity contribution >= 4 is 33.3 Å². The SMILES string of the molecule is CCC(C(=O)NC1CCCCC1)N(Cc1cccc(OC)c1)C(=O)CN(c1cccc(C(C)=O)c1)S(C)(=O)=O. The number of ketones is 1. The number of methoxy groups -OCH3 is 1. The van der Waals surface area contributed by atoms with Gasteiger partial charge >= 0.3 is 0 Å². The molecule has 1 saturated carbocycles. The quantitative estimate of drug-likeness (QED) is 0.396. The molecule has 0 radical (unpaired) electrons. The van der Waals surface area contributed by atoms with E-state index < -0.39 is 28.5 Å². The first-order chi connectivity index (χ1) is 18.5. The highest BCUT2D eigenvalue weighted by molar-refractivity contribution is 7.92. The van der Waals surface area contributed by atoms with Crippen LogP contribution in [0.5, 0.6) is 5.75 Å². The molecule has 212 valence electrons. The molecule has 9 nitrogen and oxygen atoms in total. The van der Waals surface area contributed by atoms with Crippen LogP contribution in [-0.4, -0.2) is 62.9 Å². The van der Waals surface area contributed by atoms with Crippen LogP contribution in [0, 0.1) is 0 Å². The molecule has 1 fully saturated rings. The summed E-state index contributed by atoms with van der Waals surface area (Å²) in [6.45, 7) is 2.80. The van der Waals surface area contributed by atoms with E-state index >= 15 is 0 Å². The average molecular weight is 558 g/mol. The van der Waals surface area contributed by atoms with Crippen LogP contribution in [0.15, 0.2) is 48.5 Å². The van der Waals surface area contributed by atoms with Crippen LogP contribution in [-0.2, 0) is 26.2 Å². The molecule has 0 aromatic heterocycles. The average Bonchev–Trinajstić information content (AvgIpc) is 2.91. The second-order valence-electron chi connectivity index (χ2n) is 10.0. The van der Waals surface area contributed by atoms with E-state index in [0.29, 0.717) is 17.7 Å². The first kappa shape index (κ1) is 30.1. The van der Waals surface area contributed by atoms with Crippen LogP contribution in [0.25, 0.3) is 0 Å². The standard InChI is InChI=1S/C29H39N3O6S/c1-5-27(29(35)30-24-13-7-6-8-14-24)31(19-22-11-9-16-26(17-22)38-3)28(34)20-32(39(4,36)37)25-15-10-12-23(18-25)21(2)33/h9-12,15-18,24,27H,5-8,13-14,19-20H2,1-4H3,(H,30,35). The van der Waals surface area contributed by atoms with Crippen molar-refractivity contribution in [3.63, 3.8) is 0 Å². The van der Waals surface area contributed by atoms with Gasteiger partial charge in [0, 0.05) is 18.2 Å². The van der Waals surface area contributed by atoms with Crippen molar-refractivity contribution < 1.29 is 27.5 Å². The smallest absolute Gasteiger partial charge is 0.244 e. The number of nitrogens with zero attached hydrogens (tertiary/aromatic N) is 2. The second kappa shape index (κ2) is 13.6. The lowest BCUT2D eigenvalue weighted by atomic mass is 9.95. The molecule has 1 atom stereocenters. The number of amides is 2. The van der Waals surface area contributed by atoms with Crippen LogP contribution in [0.1, 0.15) is 68.3 Å². The number of carbonyl (C=O) groups is 3. The molecule has 0 saturated heterocycles. The van der Waals surface area contributed by atoms with Crippen molar-refractivity contribution in [2.45, 2.75) is 71.0 Å². The third-order valence-corrected chi connectivity index (χ3v) is 8.18. The van der Waals surface area contributed by atoms with Gasteiger partial charge in [-0.25, -0.2) is 8.42 Å². The molecular formula is C29H39N3O6S. The number of benzene rings is 2. The summed E-state index contributed by atoms with van der Waals surface area (Å²) in [5, 5.41) is 3.12. The van der Waals surface area contributed by atoms with Gasteiger partial charge in [0.05, 0.1) is 19.1 Å². The summed E-state index contributed by atoms with van der Waals surface area (Å²) in [4.78, 5) is 40.7. The van der Waals surface area contributed by atoms with E-state index in [2.05, 4.69) is 5.32 Å². The molecule has 1 aliphatic rings. The van der Waals surface area contributed by atoms with Crippen LogP contribution < -0.4 is 14.4 Å². The summed E-state index contributed by atoms with van der Waals surface area (Å²) in [5.74, 6) is -0.382. The van der Waals surface area contributed by atoms with Crippen LogP contribution in [0.3, 0.4) is 0 Å². The van der Waals surface area contributed by atoms with Gasteiger partial charge in [0.15, 0.2) is 5.78 Å². The lowest BCUT2D eigenvalue weighted by Gasteiger charge is -2.34. The summed E-state index contributed by atoms with van der Waals surface area (Å²) in [6.07, 6.45) is 6.43. The van der Waals surface area contributed by atoms with E-state index in [1.807, 2.05) is 13.0 Å². The fraction of sp³-hybridized carbons (Fsp3) is 0.483. The Balaban J connectivity index is 1.95. The molecular weight excluding hydrogens is 518 g/mol. The Morgan fingerprint density at radius 1 is 1.05 bits per heavy atom. The number of carbonyl (C=O) groups excluding carboxylic acids is 3. The van der Waals surface area contributed by atoms with Crippen molar-refractivity contribution in [3.05, 3.63) is 59.7 Å². The van der Waals surface area contributed by atoms with Gasteiger partial charge in [0.1, 0.15) is 18.3 Å². The lowest BCUT2D eigenvalue weighted by molar-refractivity contribution is -0.140. The minimum Gasteiger partial charge on any atom is -0.497 e. The van der Waals surface area contributed by atoms with Gasteiger partial charge in [-0.1, -0.05) is 50.5 Å². The molecule has 3 rings (SSSR count). The first-order valence-corrected chi connectivity index (χ1v) is 15.2. The molecule has 2 amide bonds. The van der Waals surface area contributed by atoms with Gasteiger partial charge in [-0.3, -0.25) is 18.7 Å². The fourth-order valence-electron chi connectivity index (χ4n) is 4.93. The Hall–Kier alpha value is -3.40. The first-order valence-electron chi connectivity index (χ1n) is 13.3. The molecule has 2 aromatic carbocycles. The van der Waals surface area contributed by atoms with Gasteiger partial charge in [-0.15, -0.1) is 0 Å². The predicted octanol–water partition coefficient (Wildman–Crippen LogP) is 3.92. The summed E-state index contributed by atoms with van der Waals surface area (Å²) >= 11 is 0. The normalized spacial score (nSPS) is 14.8. The van der Waals surface area contributed by atoms with Gasteiger partial charge in [0.25, 0.3) is 0 Å². The van der Waals surface area contributed by atoms with Gasteiger partial charge < -0.3 is 15.0 Å². The summed E-state index contributed by atoms with van der Waals surface area (Å²) in [7, 11) is -2.34. The third-order valence-electron chi connectivity index (χ3n) is 7.04. The summed E-state index contributed by atoms with van der Waals surface area (Å²) in [5.41, 5.74) is 1.29. The second-order valence-corrected chi connectivity index (χ2v) is 11.9. The molecule has 0 aliphatic heterocycles. The van der Waals surface area contributed by atoms with Crippen molar-refractivity contribution in [2.24, 2.45) is 0 Å². The zero-order chi connectivity index (χ0) is 28.6. The maximum atomic E-state index is 13.9. The number of hydrogen-bond acceptors (Lipinski definition) is 6. The molecule has 0 heterocycles. The van der Waals surface area contributed by atoms with E-state index in [1.165, 1.54) is 17.9 Å². The molecule has 10 heteroatoms. The molecule has 1 aliphatic carbocycles. The molecule has 0 bridgehead atoms. The van der Waals surface area contributed by atoms with Gasteiger partial charge in [0.2, 0.25) is 21.8 Å². The van der Waals surface area contributed by atoms with Crippen LogP contribution in [0.4, 0.5) is 5.69 Å². The minimum atomic E-state index is -3.89. The van der Waals surface area contributed by atoms with Crippen molar-refractivity contribution in [3.8, 4) is 5.75 Å². The zero-order valence-electron chi connectivity index (χ0n) is 23.2. The van der Waals surface area contributed by atoms with Crippen molar-refractivity contribution in [1.29, 1.82) is 0 Å². The number of Topliss-reactive ketones (excluding diaryl/α,β-unsaturated/α-hetero) is 1. The summed E-state index contributed by atoms with van der Waals surface area (Å²) in [6, 6.07) is 12.6. The minimum absolute atomic E-state index is 0.0657. The fourth-order valence-corrected chi connectivity index (χ4v) is 5.77. The maximum absolute atomic E-state index is 13.9. The van der Waals surface area contributed by atoms with Crippen molar-refractivity contribution in [1.82, 2.24) is 10.2 Å². The number of nitrogens with one attached hydrogen (secondary N) is 1. The monoisotopic (exact) mass is 557 g/mol. The lowest BCUT2D eigenvalue weighted by Crippen LogP contribution is -2.53. The van der Waals surface area contributed by atoms with E-state index in [9.17, 15) is 22.8 Å².